The van der Waals surface area contributed by atoms with Crippen LogP contribution in [0.5, 0.6) is 5.75 Å². The molecule has 0 saturated heterocycles. The highest BCUT2D eigenvalue weighted by atomic mass is 32.2. The summed E-state index contributed by atoms with van der Waals surface area (Å²) in [5, 5.41) is 0. The van der Waals surface area contributed by atoms with Crippen molar-refractivity contribution in [1.82, 2.24) is 0 Å². The standard InChI is InChI=1S/C20H24N2O4S/c1-15(20(23)21-14-6-8-16-7-4-5-9-19(16)21)22(27(3,24)25)17-10-12-18(26-2)13-11-17/h4-5,7,9-13,15H,6,8,14H2,1-3H3. The van der Waals surface area contributed by atoms with E-state index >= 15 is 0 Å². The first-order valence-corrected chi connectivity index (χ1v) is 10.7. The Kier molecular flexibility index (Phi) is 5.41. The Labute approximate surface area is 160 Å². The second-order valence-electron chi connectivity index (χ2n) is 6.65. The summed E-state index contributed by atoms with van der Waals surface area (Å²) in [7, 11) is -2.11. The van der Waals surface area contributed by atoms with E-state index in [2.05, 4.69) is 0 Å². The second kappa shape index (κ2) is 7.60. The van der Waals surface area contributed by atoms with Crippen LogP contribution >= 0.6 is 0 Å². The van der Waals surface area contributed by atoms with Crippen LogP contribution in [0.1, 0.15) is 18.9 Å². The van der Waals surface area contributed by atoms with E-state index in [1.807, 2.05) is 24.3 Å². The molecule has 144 valence electrons. The molecule has 2 aromatic carbocycles. The molecule has 1 aliphatic rings. The van der Waals surface area contributed by atoms with Crippen molar-refractivity contribution in [3.8, 4) is 5.75 Å². The van der Waals surface area contributed by atoms with Gasteiger partial charge in [0.05, 0.1) is 19.1 Å². The summed E-state index contributed by atoms with van der Waals surface area (Å²) in [5.74, 6) is 0.388. The van der Waals surface area contributed by atoms with Crippen LogP contribution < -0.4 is 13.9 Å². The fraction of sp³-hybridized carbons (Fsp3) is 0.350. The average molecular weight is 388 g/mol. The molecule has 0 saturated carbocycles. The molecule has 0 N–H and O–H groups in total. The van der Waals surface area contributed by atoms with E-state index in [0.717, 1.165) is 30.3 Å². The van der Waals surface area contributed by atoms with E-state index in [1.54, 1.807) is 43.2 Å². The van der Waals surface area contributed by atoms with Crippen LogP contribution in [0.3, 0.4) is 0 Å². The number of methoxy groups -OCH3 is 1. The minimum Gasteiger partial charge on any atom is -0.497 e. The SMILES string of the molecule is COc1ccc(N(C(C)C(=O)N2CCCc3ccccc32)S(C)(=O)=O)cc1. The highest BCUT2D eigenvalue weighted by Crippen LogP contribution is 2.30. The predicted molar refractivity (Wildman–Crippen MR) is 107 cm³/mol. The van der Waals surface area contributed by atoms with E-state index in [-0.39, 0.29) is 5.91 Å². The van der Waals surface area contributed by atoms with Crippen LogP contribution in [0.25, 0.3) is 0 Å². The molecule has 1 amide bonds. The molecule has 1 aliphatic heterocycles. The van der Waals surface area contributed by atoms with Gasteiger partial charge in [0.15, 0.2) is 0 Å². The number of amides is 1. The number of nitrogens with zero attached hydrogens (tertiary/aromatic N) is 2. The van der Waals surface area contributed by atoms with Gasteiger partial charge in [0.2, 0.25) is 10.0 Å². The van der Waals surface area contributed by atoms with Gasteiger partial charge in [-0.3, -0.25) is 9.10 Å². The van der Waals surface area contributed by atoms with E-state index in [0.29, 0.717) is 18.0 Å². The Bertz CT molecular complexity index is 925. The number of ether oxygens (including phenoxy) is 1. The van der Waals surface area contributed by atoms with E-state index < -0.39 is 16.1 Å². The minimum absolute atomic E-state index is 0.233. The van der Waals surface area contributed by atoms with Gasteiger partial charge in [-0.1, -0.05) is 18.2 Å². The summed E-state index contributed by atoms with van der Waals surface area (Å²) in [4.78, 5) is 14.9. The molecule has 0 aromatic heterocycles. The first kappa shape index (κ1) is 19.2. The Hall–Kier alpha value is -2.54. The lowest BCUT2D eigenvalue weighted by atomic mass is 10.0. The number of carbonyl (C=O) groups excluding carboxylic acids is 1. The van der Waals surface area contributed by atoms with Crippen molar-refractivity contribution in [2.24, 2.45) is 0 Å². The maximum absolute atomic E-state index is 13.2. The van der Waals surface area contributed by atoms with Crippen molar-refractivity contribution in [3.63, 3.8) is 0 Å². The normalized spacial score (nSPS) is 15.0. The third kappa shape index (κ3) is 3.93. The van der Waals surface area contributed by atoms with Crippen LogP contribution in [-0.4, -0.2) is 40.3 Å². The van der Waals surface area contributed by atoms with Gasteiger partial charge in [-0.05, 0) is 55.7 Å². The lowest BCUT2D eigenvalue weighted by Gasteiger charge is -2.35. The Morgan fingerprint density at radius 3 is 2.44 bits per heavy atom. The molecule has 27 heavy (non-hydrogen) atoms. The summed E-state index contributed by atoms with van der Waals surface area (Å²) < 4.78 is 31.3. The number of benzene rings is 2. The Morgan fingerprint density at radius 1 is 1.15 bits per heavy atom. The number of sulfonamides is 1. The van der Waals surface area contributed by atoms with E-state index in [1.165, 1.54) is 4.31 Å². The van der Waals surface area contributed by atoms with Crippen molar-refractivity contribution < 1.29 is 17.9 Å². The number of hydrogen-bond donors (Lipinski definition) is 0. The number of para-hydroxylation sites is 1. The fourth-order valence-electron chi connectivity index (χ4n) is 3.52. The van der Waals surface area contributed by atoms with Gasteiger partial charge in [0.1, 0.15) is 11.8 Å². The van der Waals surface area contributed by atoms with Crippen molar-refractivity contribution in [3.05, 3.63) is 54.1 Å². The highest BCUT2D eigenvalue weighted by Gasteiger charge is 2.34. The Morgan fingerprint density at radius 2 is 1.81 bits per heavy atom. The molecule has 0 fully saturated rings. The molecule has 7 heteroatoms. The second-order valence-corrected chi connectivity index (χ2v) is 8.51. The smallest absolute Gasteiger partial charge is 0.250 e. The third-order valence-corrected chi connectivity index (χ3v) is 6.01. The maximum Gasteiger partial charge on any atom is 0.250 e. The van der Waals surface area contributed by atoms with Gasteiger partial charge in [-0.25, -0.2) is 8.42 Å². The molecule has 0 spiro atoms. The highest BCUT2D eigenvalue weighted by molar-refractivity contribution is 7.92. The summed E-state index contributed by atoms with van der Waals surface area (Å²) >= 11 is 0. The van der Waals surface area contributed by atoms with Crippen molar-refractivity contribution >= 4 is 27.3 Å². The van der Waals surface area contributed by atoms with Gasteiger partial charge in [0.25, 0.3) is 5.91 Å². The zero-order chi connectivity index (χ0) is 19.6. The molecule has 0 aliphatic carbocycles. The molecular weight excluding hydrogens is 364 g/mol. The summed E-state index contributed by atoms with van der Waals surface area (Å²) in [6.45, 7) is 2.21. The third-order valence-electron chi connectivity index (χ3n) is 4.77. The number of carbonyl (C=O) groups is 1. The molecule has 1 atom stereocenters. The molecule has 3 rings (SSSR count). The monoisotopic (exact) mass is 388 g/mol. The predicted octanol–water partition coefficient (Wildman–Crippen LogP) is 2.83. The quantitative estimate of drug-likeness (QED) is 0.790. The van der Waals surface area contributed by atoms with Crippen LogP contribution in [0.2, 0.25) is 0 Å². The van der Waals surface area contributed by atoms with Gasteiger partial charge in [-0.15, -0.1) is 0 Å². The van der Waals surface area contributed by atoms with Crippen molar-refractivity contribution in [2.75, 3.05) is 29.1 Å². The summed E-state index contributed by atoms with van der Waals surface area (Å²) in [5.41, 5.74) is 2.41. The zero-order valence-electron chi connectivity index (χ0n) is 15.8. The fourth-order valence-corrected chi connectivity index (χ4v) is 4.69. The largest absolute Gasteiger partial charge is 0.497 e. The van der Waals surface area contributed by atoms with Crippen molar-refractivity contribution in [2.45, 2.75) is 25.8 Å². The number of aryl methyl sites for hydroxylation is 1. The summed E-state index contributed by atoms with van der Waals surface area (Å²) in [6, 6.07) is 13.6. The number of hydrogen-bond acceptors (Lipinski definition) is 4. The maximum atomic E-state index is 13.2. The lowest BCUT2D eigenvalue weighted by Crippen LogP contribution is -2.50. The van der Waals surface area contributed by atoms with E-state index in [9.17, 15) is 13.2 Å². The zero-order valence-corrected chi connectivity index (χ0v) is 16.6. The molecule has 0 bridgehead atoms. The summed E-state index contributed by atoms with van der Waals surface area (Å²) in [6.07, 6.45) is 2.89. The molecule has 2 aromatic rings. The van der Waals surface area contributed by atoms with Gasteiger partial charge >= 0.3 is 0 Å². The average Bonchev–Trinajstić information content (AvgIpc) is 2.66. The van der Waals surface area contributed by atoms with Gasteiger partial charge in [-0.2, -0.15) is 0 Å². The van der Waals surface area contributed by atoms with Gasteiger partial charge in [0, 0.05) is 12.2 Å². The number of anilines is 2. The topological polar surface area (TPSA) is 66.9 Å². The lowest BCUT2D eigenvalue weighted by molar-refractivity contribution is -0.119. The van der Waals surface area contributed by atoms with Crippen LogP contribution in [0, 0.1) is 0 Å². The first-order valence-electron chi connectivity index (χ1n) is 8.85. The molecular formula is C20H24N2O4S. The Balaban J connectivity index is 1.95. The first-order chi connectivity index (χ1) is 12.8. The number of rotatable bonds is 5. The van der Waals surface area contributed by atoms with Crippen LogP contribution in [0.4, 0.5) is 11.4 Å². The molecule has 6 nitrogen and oxygen atoms in total. The van der Waals surface area contributed by atoms with E-state index in [4.69, 9.17) is 4.74 Å². The number of fused-ring (bicyclic) bond motifs is 1. The molecule has 0 radical (unpaired) electrons. The molecule has 1 heterocycles. The minimum atomic E-state index is -3.65. The van der Waals surface area contributed by atoms with Crippen LogP contribution in [0.15, 0.2) is 48.5 Å². The van der Waals surface area contributed by atoms with Gasteiger partial charge < -0.3 is 9.64 Å². The van der Waals surface area contributed by atoms with Crippen molar-refractivity contribution in [1.29, 1.82) is 0 Å². The molecule has 1 unspecified atom stereocenters. The van der Waals surface area contributed by atoms with Crippen LogP contribution in [-0.2, 0) is 21.2 Å².